The van der Waals surface area contributed by atoms with E-state index in [-0.39, 0.29) is 12.7 Å². The van der Waals surface area contributed by atoms with Crippen molar-refractivity contribution in [2.75, 3.05) is 13.7 Å². The third-order valence-electron chi connectivity index (χ3n) is 3.84. The minimum atomic E-state index is -4.37. The zero-order valence-corrected chi connectivity index (χ0v) is 12.2. The van der Waals surface area contributed by atoms with Crippen LogP contribution in [-0.4, -0.2) is 29.4 Å². The normalized spacial score (nSPS) is 19.2. The van der Waals surface area contributed by atoms with E-state index in [1.165, 1.54) is 13.2 Å². The fraction of sp³-hybridized carbons (Fsp3) is 0.533. The van der Waals surface area contributed by atoms with Crippen LogP contribution in [0.4, 0.5) is 13.2 Å². The van der Waals surface area contributed by atoms with Crippen LogP contribution in [0.5, 0.6) is 0 Å². The molecule has 3 rings (SSSR count). The first-order valence-corrected chi connectivity index (χ1v) is 7.16. The third kappa shape index (κ3) is 2.96. The average Bonchev–Trinajstić information content (AvgIpc) is 3.07. The molecule has 0 aliphatic carbocycles. The number of nitrogens with zero attached hydrogens (tertiary/aromatic N) is 2. The lowest BCUT2D eigenvalue weighted by Gasteiger charge is -2.14. The van der Waals surface area contributed by atoms with Gasteiger partial charge in [-0.3, -0.25) is 0 Å². The molecular weight excluding hydrogens is 297 g/mol. The van der Waals surface area contributed by atoms with Crippen molar-refractivity contribution in [3.8, 4) is 0 Å². The number of hydrogen-bond donors (Lipinski definition) is 0. The van der Waals surface area contributed by atoms with Gasteiger partial charge in [-0.05, 0) is 31.0 Å². The fourth-order valence-electron chi connectivity index (χ4n) is 2.79. The van der Waals surface area contributed by atoms with Crippen molar-refractivity contribution in [3.63, 3.8) is 0 Å². The van der Waals surface area contributed by atoms with Gasteiger partial charge < -0.3 is 14.0 Å². The highest BCUT2D eigenvalue weighted by Gasteiger charge is 2.31. The minimum absolute atomic E-state index is 0.0790. The summed E-state index contributed by atoms with van der Waals surface area (Å²) in [6.07, 6.45) is -2.33. The monoisotopic (exact) mass is 314 g/mol. The number of ether oxygens (including phenoxy) is 2. The van der Waals surface area contributed by atoms with Crippen LogP contribution < -0.4 is 0 Å². The Kier molecular flexibility index (Phi) is 4.10. The second kappa shape index (κ2) is 5.89. The molecule has 1 saturated heterocycles. The van der Waals surface area contributed by atoms with Gasteiger partial charge in [-0.15, -0.1) is 0 Å². The van der Waals surface area contributed by atoms with Crippen LogP contribution in [0.1, 0.15) is 24.2 Å². The van der Waals surface area contributed by atoms with E-state index in [0.717, 1.165) is 31.6 Å². The third-order valence-corrected chi connectivity index (χ3v) is 3.84. The number of halogens is 3. The first-order valence-electron chi connectivity index (χ1n) is 7.16. The number of hydrogen-bond acceptors (Lipinski definition) is 3. The molecule has 0 radical (unpaired) electrons. The molecule has 1 aliphatic rings. The van der Waals surface area contributed by atoms with Gasteiger partial charge in [-0.2, -0.15) is 13.2 Å². The molecule has 7 heteroatoms. The lowest BCUT2D eigenvalue weighted by molar-refractivity contribution is -0.137. The van der Waals surface area contributed by atoms with E-state index in [1.54, 1.807) is 0 Å². The molecule has 4 nitrogen and oxygen atoms in total. The van der Waals surface area contributed by atoms with E-state index >= 15 is 0 Å². The summed E-state index contributed by atoms with van der Waals surface area (Å²) in [7, 11) is 1.54. The van der Waals surface area contributed by atoms with Crippen LogP contribution in [0, 0.1) is 0 Å². The molecule has 0 bridgehead atoms. The lowest BCUT2D eigenvalue weighted by atomic mass is 10.2. The summed E-state index contributed by atoms with van der Waals surface area (Å²) < 4.78 is 51.1. The highest BCUT2D eigenvalue weighted by atomic mass is 19.4. The summed E-state index contributed by atoms with van der Waals surface area (Å²) in [5.41, 5.74) is 0.321. The van der Waals surface area contributed by atoms with Gasteiger partial charge in [0.2, 0.25) is 0 Å². The molecule has 0 amide bonds. The maximum Gasteiger partial charge on any atom is 0.416 e. The zero-order chi connectivity index (χ0) is 15.7. The fourth-order valence-corrected chi connectivity index (χ4v) is 2.79. The Morgan fingerprint density at radius 3 is 2.86 bits per heavy atom. The van der Waals surface area contributed by atoms with Crippen molar-refractivity contribution in [1.82, 2.24) is 9.55 Å². The Bertz CT molecular complexity index is 661. The van der Waals surface area contributed by atoms with Crippen molar-refractivity contribution in [1.29, 1.82) is 0 Å². The van der Waals surface area contributed by atoms with E-state index in [1.807, 2.05) is 4.57 Å². The molecule has 1 aromatic heterocycles. The van der Waals surface area contributed by atoms with Crippen molar-refractivity contribution in [2.24, 2.45) is 0 Å². The summed E-state index contributed by atoms with van der Waals surface area (Å²) in [6.45, 7) is 1.57. The number of methoxy groups -OCH3 is 1. The Hall–Kier alpha value is -1.60. The van der Waals surface area contributed by atoms with Crippen molar-refractivity contribution in [3.05, 3.63) is 29.6 Å². The number of rotatable bonds is 4. The predicted molar refractivity (Wildman–Crippen MR) is 74.4 cm³/mol. The molecular formula is C15H17F3N2O2. The van der Waals surface area contributed by atoms with E-state index in [0.29, 0.717) is 23.4 Å². The minimum Gasteiger partial charge on any atom is -0.377 e. The Morgan fingerprint density at radius 1 is 1.41 bits per heavy atom. The zero-order valence-electron chi connectivity index (χ0n) is 12.2. The highest BCUT2D eigenvalue weighted by Crippen LogP contribution is 2.32. The number of fused-ring (bicyclic) bond motifs is 1. The molecule has 0 saturated carbocycles. The first-order chi connectivity index (χ1) is 10.5. The molecule has 120 valence electrons. The summed E-state index contributed by atoms with van der Waals surface area (Å²) in [5, 5.41) is 0. The van der Waals surface area contributed by atoms with Gasteiger partial charge in [0.15, 0.2) is 0 Å². The SMILES string of the molecule is COCc1nc2cc(C(F)(F)F)ccc2n1C[C@@H]1CCCO1. The maximum absolute atomic E-state index is 12.8. The molecule has 0 spiro atoms. The average molecular weight is 314 g/mol. The second-order valence-corrected chi connectivity index (χ2v) is 5.41. The topological polar surface area (TPSA) is 36.3 Å². The van der Waals surface area contributed by atoms with Gasteiger partial charge in [-0.25, -0.2) is 4.98 Å². The van der Waals surface area contributed by atoms with Gasteiger partial charge in [0.1, 0.15) is 12.4 Å². The number of aromatic nitrogens is 2. The molecule has 1 atom stereocenters. The van der Waals surface area contributed by atoms with Gasteiger partial charge in [0.05, 0.1) is 29.2 Å². The van der Waals surface area contributed by atoms with Crippen molar-refractivity contribution < 1.29 is 22.6 Å². The number of benzene rings is 1. The van der Waals surface area contributed by atoms with Gasteiger partial charge in [-0.1, -0.05) is 0 Å². The quantitative estimate of drug-likeness (QED) is 0.868. The second-order valence-electron chi connectivity index (χ2n) is 5.41. The molecule has 1 aliphatic heterocycles. The lowest BCUT2D eigenvalue weighted by Crippen LogP contribution is -2.17. The highest BCUT2D eigenvalue weighted by molar-refractivity contribution is 5.77. The van der Waals surface area contributed by atoms with Crippen LogP contribution in [0.15, 0.2) is 18.2 Å². The summed E-state index contributed by atoms with van der Waals surface area (Å²) in [5.74, 6) is 0.618. The number of alkyl halides is 3. The van der Waals surface area contributed by atoms with Gasteiger partial charge in [0, 0.05) is 13.7 Å². The van der Waals surface area contributed by atoms with E-state index in [2.05, 4.69) is 4.98 Å². The standard InChI is InChI=1S/C15H17F3N2O2/c1-21-9-14-19-12-7-10(15(16,17)18)4-5-13(12)20(14)8-11-3-2-6-22-11/h4-5,7,11H,2-3,6,8-9H2,1H3/t11-/m0/s1. The van der Waals surface area contributed by atoms with Crippen molar-refractivity contribution in [2.45, 2.75) is 38.3 Å². The van der Waals surface area contributed by atoms with Crippen LogP contribution in [0.3, 0.4) is 0 Å². The molecule has 22 heavy (non-hydrogen) atoms. The Labute approximate surface area is 125 Å². The van der Waals surface area contributed by atoms with Crippen LogP contribution in [0.25, 0.3) is 11.0 Å². The van der Waals surface area contributed by atoms with Crippen LogP contribution in [-0.2, 0) is 28.8 Å². The smallest absolute Gasteiger partial charge is 0.377 e. The van der Waals surface area contributed by atoms with Crippen molar-refractivity contribution >= 4 is 11.0 Å². The first kappa shape index (κ1) is 15.3. The van der Waals surface area contributed by atoms with Crippen LogP contribution in [0.2, 0.25) is 0 Å². The van der Waals surface area contributed by atoms with Crippen LogP contribution >= 0.6 is 0 Å². The van der Waals surface area contributed by atoms with E-state index < -0.39 is 11.7 Å². The summed E-state index contributed by atoms with van der Waals surface area (Å²) >= 11 is 0. The Morgan fingerprint density at radius 2 is 2.23 bits per heavy atom. The summed E-state index contributed by atoms with van der Waals surface area (Å²) in [6, 6.07) is 3.65. The number of imidazole rings is 1. The molecule has 1 fully saturated rings. The maximum atomic E-state index is 12.8. The molecule has 1 aromatic carbocycles. The molecule has 2 heterocycles. The molecule has 0 N–H and O–H groups in total. The van der Waals surface area contributed by atoms with Gasteiger partial charge >= 0.3 is 6.18 Å². The predicted octanol–water partition coefficient (Wildman–Crippen LogP) is 3.38. The van der Waals surface area contributed by atoms with E-state index in [9.17, 15) is 13.2 Å². The molecule has 2 aromatic rings. The van der Waals surface area contributed by atoms with E-state index in [4.69, 9.17) is 9.47 Å². The molecule has 0 unspecified atom stereocenters. The Balaban J connectivity index is 2.01. The van der Waals surface area contributed by atoms with Gasteiger partial charge in [0.25, 0.3) is 0 Å². The summed E-state index contributed by atoms with van der Waals surface area (Å²) in [4.78, 5) is 4.30. The largest absolute Gasteiger partial charge is 0.416 e.